The van der Waals surface area contributed by atoms with Gasteiger partial charge in [-0.2, -0.15) is 5.26 Å². The lowest BCUT2D eigenvalue weighted by atomic mass is 9.97. The largest absolute Gasteiger partial charge is 0.465 e. The molecule has 0 aliphatic heterocycles. The molecular formula is C16H14N2O3. The number of aromatic nitrogens is 1. The van der Waals surface area contributed by atoms with Gasteiger partial charge in [0.1, 0.15) is 11.6 Å². The number of nitrogens with one attached hydrogen (secondary N) is 1. The Bertz CT molecular complexity index is 813. The summed E-state index contributed by atoms with van der Waals surface area (Å²) in [6.45, 7) is 3.57. The summed E-state index contributed by atoms with van der Waals surface area (Å²) < 4.78 is 4.71. The summed E-state index contributed by atoms with van der Waals surface area (Å²) in [4.78, 5) is 26.1. The first-order chi connectivity index (χ1) is 9.96. The number of H-pyrrole nitrogens is 1. The van der Waals surface area contributed by atoms with Crippen LogP contribution in [0, 0.1) is 25.2 Å². The Kier molecular flexibility index (Phi) is 3.90. The van der Waals surface area contributed by atoms with Crippen molar-refractivity contribution in [2.45, 2.75) is 13.8 Å². The van der Waals surface area contributed by atoms with Crippen LogP contribution in [-0.4, -0.2) is 18.1 Å². The molecular weight excluding hydrogens is 268 g/mol. The Balaban J connectivity index is 2.74. The number of carbonyl (C=O) groups excluding carboxylic acids is 1. The SMILES string of the molecule is COC(=O)c1cc(C)cc(-c2cc(C)[nH]c(=O)c2C#N)c1. The molecule has 1 N–H and O–H groups in total. The molecule has 0 atom stereocenters. The van der Waals surface area contributed by atoms with E-state index >= 15 is 0 Å². The summed E-state index contributed by atoms with van der Waals surface area (Å²) in [5, 5.41) is 9.18. The molecule has 0 radical (unpaired) electrons. The predicted molar refractivity (Wildman–Crippen MR) is 78.0 cm³/mol. The fraction of sp³-hybridized carbons (Fsp3) is 0.188. The molecule has 21 heavy (non-hydrogen) atoms. The van der Waals surface area contributed by atoms with E-state index in [9.17, 15) is 14.9 Å². The van der Waals surface area contributed by atoms with Crippen LogP contribution in [0.2, 0.25) is 0 Å². The molecule has 2 aromatic rings. The Labute approximate surface area is 121 Å². The van der Waals surface area contributed by atoms with Crippen LogP contribution in [0.15, 0.2) is 29.1 Å². The van der Waals surface area contributed by atoms with Crippen molar-refractivity contribution >= 4 is 5.97 Å². The molecule has 1 aromatic heterocycles. The van der Waals surface area contributed by atoms with Crippen LogP contribution < -0.4 is 5.56 Å². The first kappa shape index (κ1) is 14.5. The van der Waals surface area contributed by atoms with Crippen molar-refractivity contribution in [3.63, 3.8) is 0 Å². The number of esters is 1. The number of pyridine rings is 1. The summed E-state index contributed by atoms with van der Waals surface area (Å²) in [5.74, 6) is -0.458. The van der Waals surface area contributed by atoms with Crippen LogP contribution in [0.4, 0.5) is 0 Å². The van der Waals surface area contributed by atoms with Crippen molar-refractivity contribution in [2.24, 2.45) is 0 Å². The Morgan fingerprint density at radius 3 is 2.57 bits per heavy atom. The van der Waals surface area contributed by atoms with E-state index in [0.29, 0.717) is 22.4 Å². The molecule has 2 rings (SSSR count). The van der Waals surface area contributed by atoms with Gasteiger partial charge < -0.3 is 9.72 Å². The minimum Gasteiger partial charge on any atom is -0.465 e. The number of carbonyl (C=O) groups is 1. The number of methoxy groups -OCH3 is 1. The second-order valence-electron chi connectivity index (χ2n) is 4.76. The second kappa shape index (κ2) is 5.63. The highest BCUT2D eigenvalue weighted by molar-refractivity contribution is 5.91. The zero-order valence-corrected chi connectivity index (χ0v) is 12.0. The van der Waals surface area contributed by atoms with Crippen LogP contribution >= 0.6 is 0 Å². The van der Waals surface area contributed by atoms with E-state index in [-0.39, 0.29) is 5.56 Å². The molecule has 5 nitrogen and oxygen atoms in total. The zero-order valence-electron chi connectivity index (χ0n) is 12.0. The average Bonchev–Trinajstić information content (AvgIpc) is 2.45. The lowest BCUT2D eigenvalue weighted by Gasteiger charge is -2.09. The predicted octanol–water partition coefficient (Wildman–Crippen LogP) is 2.32. The molecule has 1 aromatic carbocycles. The maximum absolute atomic E-state index is 11.9. The topological polar surface area (TPSA) is 83.0 Å². The summed E-state index contributed by atoms with van der Waals surface area (Å²) in [6, 6.07) is 8.77. The van der Waals surface area contributed by atoms with E-state index in [4.69, 9.17) is 4.74 Å². The van der Waals surface area contributed by atoms with Gasteiger partial charge in [0.15, 0.2) is 0 Å². The molecule has 0 saturated carbocycles. The molecule has 0 amide bonds. The smallest absolute Gasteiger partial charge is 0.337 e. The van der Waals surface area contributed by atoms with Gasteiger partial charge in [0, 0.05) is 11.3 Å². The quantitative estimate of drug-likeness (QED) is 0.857. The van der Waals surface area contributed by atoms with Gasteiger partial charge in [-0.3, -0.25) is 4.79 Å². The average molecular weight is 282 g/mol. The van der Waals surface area contributed by atoms with E-state index in [2.05, 4.69) is 4.98 Å². The highest BCUT2D eigenvalue weighted by Crippen LogP contribution is 2.25. The zero-order chi connectivity index (χ0) is 15.6. The van der Waals surface area contributed by atoms with E-state index in [1.165, 1.54) is 7.11 Å². The summed E-state index contributed by atoms with van der Waals surface area (Å²) in [5.41, 5.74) is 2.61. The van der Waals surface area contributed by atoms with Crippen LogP contribution in [0.25, 0.3) is 11.1 Å². The number of nitriles is 1. The van der Waals surface area contributed by atoms with Crippen molar-refractivity contribution in [1.29, 1.82) is 5.26 Å². The normalized spacial score (nSPS) is 10.0. The van der Waals surface area contributed by atoms with Crippen LogP contribution in [-0.2, 0) is 4.74 Å². The number of ether oxygens (including phenoxy) is 1. The third-order valence-corrected chi connectivity index (χ3v) is 3.09. The first-order valence-electron chi connectivity index (χ1n) is 6.30. The molecule has 0 fully saturated rings. The lowest BCUT2D eigenvalue weighted by molar-refractivity contribution is 0.0600. The third-order valence-electron chi connectivity index (χ3n) is 3.09. The van der Waals surface area contributed by atoms with Gasteiger partial charge in [-0.15, -0.1) is 0 Å². The van der Waals surface area contributed by atoms with E-state index in [1.54, 1.807) is 25.1 Å². The molecule has 0 aliphatic rings. The van der Waals surface area contributed by atoms with E-state index < -0.39 is 11.5 Å². The maximum atomic E-state index is 11.9. The molecule has 1 heterocycles. The van der Waals surface area contributed by atoms with Crippen molar-refractivity contribution in [1.82, 2.24) is 4.98 Å². The fourth-order valence-electron chi connectivity index (χ4n) is 2.20. The monoisotopic (exact) mass is 282 g/mol. The summed E-state index contributed by atoms with van der Waals surface area (Å²) in [6.07, 6.45) is 0. The van der Waals surface area contributed by atoms with Crippen molar-refractivity contribution in [3.8, 4) is 17.2 Å². The Hall–Kier alpha value is -2.87. The van der Waals surface area contributed by atoms with Gasteiger partial charge in [-0.1, -0.05) is 6.07 Å². The number of nitrogens with zero attached hydrogens (tertiary/aromatic N) is 1. The van der Waals surface area contributed by atoms with E-state index in [1.807, 2.05) is 19.1 Å². The number of aryl methyl sites for hydroxylation is 2. The van der Waals surface area contributed by atoms with Gasteiger partial charge in [-0.25, -0.2) is 4.79 Å². The molecule has 5 heteroatoms. The van der Waals surface area contributed by atoms with Crippen LogP contribution in [0.3, 0.4) is 0 Å². The summed E-state index contributed by atoms with van der Waals surface area (Å²) >= 11 is 0. The van der Waals surface area contributed by atoms with Crippen molar-refractivity contribution in [2.75, 3.05) is 7.11 Å². The summed E-state index contributed by atoms with van der Waals surface area (Å²) in [7, 11) is 1.31. The minimum absolute atomic E-state index is 0.0296. The Morgan fingerprint density at radius 1 is 1.24 bits per heavy atom. The second-order valence-corrected chi connectivity index (χ2v) is 4.76. The highest BCUT2D eigenvalue weighted by Gasteiger charge is 2.13. The maximum Gasteiger partial charge on any atom is 0.337 e. The first-order valence-corrected chi connectivity index (χ1v) is 6.30. The van der Waals surface area contributed by atoms with Crippen LogP contribution in [0.1, 0.15) is 27.2 Å². The highest BCUT2D eigenvalue weighted by atomic mass is 16.5. The molecule has 0 bridgehead atoms. The number of rotatable bonds is 2. The molecule has 0 spiro atoms. The van der Waals surface area contributed by atoms with Crippen molar-refractivity contribution < 1.29 is 9.53 Å². The molecule has 106 valence electrons. The van der Waals surface area contributed by atoms with Crippen LogP contribution in [0.5, 0.6) is 0 Å². The van der Waals surface area contributed by atoms with Gasteiger partial charge in [0.05, 0.1) is 12.7 Å². The van der Waals surface area contributed by atoms with Gasteiger partial charge in [0.25, 0.3) is 5.56 Å². The molecule has 0 aliphatic carbocycles. The third kappa shape index (κ3) is 2.84. The molecule has 0 saturated heterocycles. The van der Waals surface area contributed by atoms with Gasteiger partial charge in [-0.05, 0) is 43.2 Å². The number of hydrogen-bond donors (Lipinski definition) is 1. The van der Waals surface area contributed by atoms with Gasteiger partial charge >= 0.3 is 5.97 Å². The van der Waals surface area contributed by atoms with E-state index in [0.717, 1.165) is 5.56 Å². The van der Waals surface area contributed by atoms with Gasteiger partial charge in [0.2, 0.25) is 0 Å². The fourth-order valence-corrected chi connectivity index (χ4v) is 2.20. The number of benzene rings is 1. The standard InChI is InChI=1S/C16H14N2O3/c1-9-4-11(7-12(5-9)16(20)21-3)13-6-10(2)18-15(19)14(13)8-17/h4-7H,1-3H3,(H,18,19). The van der Waals surface area contributed by atoms with Crippen molar-refractivity contribution in [3.05, 3.63) is 57.0 Å². The lowest BCUT2D eigenvalue weighted by Crippen LogP contribution is -2.13. The minimum atomic E-state index is -0.458. The molecule has 0 unspecified atom stereocenters. The number of hydrogen-bond acceptors (Lipinski definition) is 4. The number of aromatic amines is 1. The Morgan fingerprint density at radius 2 is 1.95 bits per heavy atom.